The monoisotopic (exact) mass is 476 g/mol. The van der Waals surface area contributed by atoms with Crippen molar-refractivity contribution in [2.75, 3.05) is 23.7 Å². The van der Waals surface area contributed by atoms with E-state index in [1.54, 1.807) is 48.5 Å². The van der Waals surface area contributed by atoms with Crippen molar-refractivity contribution in [3.8, 4) is 5.75 Å². The highest BCUT2D eigenvalue weighted by Crippen LogP contribution is 2.21. The maximum absolute atomic E-state index is 13.1. The highest BCUT2D eigenvalue weighted by Gasteiger charge is 2.18. The molecule has 0 atom stereocenters. The number of anilines is 1. The molecule has 0 saturated carbocycles. The van der Waals surface area contributed by atoms with Crippen LogP contribution in [0.1, 0.15) is 15.9 Å². The zero-order chi connectivity index (χ0) is 23.1. The van der Waals surface area contributed by atoms with Gasteiger partial charge in [-0.1, -0.05) is 23.7 Å². The van der Waals surface area contributed by atoms with Gasteiger partial charge in [-0.15, -0.1) is 0 Å². The quantitative estimate of drug-likeness (QED) is 0.468. The van der Waals surface area contributed by atoms with Crippen molar-refractivity contribution in [2.45, 2.75) is 6.54 Å². The molecule has 0 aliphatic carbocycles. The molecule has 3 aromatic rings. The van der Waals surface area contributed by atoms with Crippen LogP contribution in [0.4, 0.5) is 10.1 Å². The third-order valence-electron chi connectivity index (χ3n) is 4.53. The molecule has 1 N–H and O–H groups in total. The summed E-state index contributed by atoms with van der Waals surface area (Å²) in [6, 6.07) is 18.7. The number of nitrogens with one attached hydrogen (secondary N) is 1. The SMILES string of the molecule is CS(=O)(=O)N(Cc1ccc(F)cc1)c1ccc(C(=O)NCCOc2ccc(Cl)cc2)cc1. The minimum Gasteiger partial charge on any atom is -0.492 e. The number of hydrogen-bond acceptors (Lipinski definition) is 4. The van der Waals surface area contributed by atoms with Gasteiger partial charge in [-0.25, -0.2) is 12.8 Å². The van der Waals surface area contributed by atoms with Crippen LogP contribution in [0, 0.1) is 5.82 Å². The van der Waals surface area contributed by atoms with Gasteiger partial charge < -0.3 is 10.1 Å². The number of hydrogen-bond donors (Lipinski definition) is 1. The maximum atomic E-state index is 13.1. The van der Waals surface area contributed by atoms with E-state index in [-0.39, 0.29) is 19.1 Å². The molecule has 3 rings (SSSR count). The third-order valence-corrected chi connectivity index (χ3v) is 5.92. The Hall–Kier alpha value is -3.10. The van der Waals surface area contributed by atoms with Gasteiger partial charge in [0, 0.05) is 10.6 Å². The van der Waals surface area contributed by atoms with E-state index in [1.807, 2.05) is 0 Å². The highest BCUT2D eigenvalue weighted by molar-refractivity contribution is 7.92. The van der Waals surface area contributed by atoms with Crippen LogP contribution >= 0.6 is 11.6 Å². The zero-order valence-corrected chi connectivity index (χ0v) is 18.9. The Balaban J connectivity index is 1.59. The van der Waals surface area contributed by atoms with E-state index < -0.39 is 15.8 Å². The molecule has 168 valence electrons. The number of halogens is 2. The van der Waals surface area contributed by atoms with Crippen molar-refractivity contribution in [2.24, 2.45) is 0 Å². The maximum Gasteiger partial charge on any atom is 0.251 e. The first-order valence-electron chi connectivity index (χ1n) is 9.71. The average molecular weight is 477 g/mol. The fraction of sp³-hybridized carbons (Fsp3) is 0.174. The number of sulfonamides is 1. The number of rotatable bonds is 9. The van der Waals surface area contributed by atoms with Gasteiger partial charge >= 0.3 is 0 Å². The Morgan fingerprint density at radius 2 is 1.62 bits per heavy atom. The summed E-state index contributed by atoms with van der Waals surface area (Å²) in [4.78, 5) is 12.4. The summed E-state index contributed by atoms with van der Waals surface area (Å²) in [5.74, 6) is -0.0516. The van der Waals surface area contributed by atoms with Gasteiger partial charge in [-0.2, -0.15) is 0 Å². The smallest absolute Gasteiger partial charge is 0.251 e. The molecule has 0 heterocycles. The van der Waals surface area contributed by atoms with Gasteiger partial charge in [0.15, 0.2) is 0 Å². The topological polar surface area (TPSA) is 75.7 Å². The Morgan fingerprint density at radius 1 is 1.00 bits per heavy atom. The average Bonchev–Trinajstić information content (AvgIpc) is 2.77. The van der Waals surface area contributed by atoms with Crippen LogP contribution < -0.4 is 14.4 Å². The second-order valence-corrected chi connectivity index (χ2v) is 9.34. The Morgan fingerprint density at radius 3 is 2.22 bits per heavy atom. The minimum atomic E-state index is -3.59. The molecule has 0 bridgehead atoms. The Kier molecular flexibility index (Phi) is 7.71. The standard InChI is InChI=1S/C23H22ClFN2O4S/c1-32(29,30)27(16-17-2-8-20(25)9-3-17)21-10-4-18(5-11-21)23(28)26-14-15-31-22-12-6-19(24)7-13-22/h2-13H,14-16H2,1H3,(H,26,28). The first kappa shape index (κ1) is 23.6. The highest BCUT2D eigenvalue weighted by atomic mass is 35.5. The van der Waals surface area contributed by atoms with Crippen molar-refractivity contribution < 1.29 is 22.3 Å². The molecular formula is C23H22ClFN2O4S. The summed E-state index contributed by atoms with van der Waals surface area (Å²) in [5.41, 5.74) is 1.43. The molecule has 0 saturated heterocycles. The fourth-order valence-electron chi connectivity index (χ4n) is 2.90. The zero-order valence-electron chi connectivity index (χ0n) is 17.3. The summed E-state index contributed by atoms with van der Waals surface area (Å²) >= 11 is 5.82. The number of carbonyl (C=O) groups excluding carboxylic acids is 1. The fourth-order valence-corrected chi connectivity index (χ4v) is 3.92. The molecule has 6 nitrogen and oxygen atoms in total. The van der Waals surface area contributed by atoms with Crippen molar-refractivity contribution in [3.63, 3.8) is 0 Å². The Labute approximate surface area is 191 Å². The van der Waals surface area contributed by atoms with Crippen LogP contribution in [0.2, 0.25) is 5.02 Å². The molecule has 32 heavy (non-hydrogen) atoms. The summed E-state index contributed by atoms with van der Waals surface area (Å²) in [7, 11) is -3.59. The van der Waals surface area contributed by atoms with Crippen molar-refractivity contribution in [1.29, 1.82) is 0 Å². The van der Waals surface area contributed by atoms with Gasteiger partial charge in [0.1, 0.15) is 18.2 Å². The van der Waals surface area contributed by atoms with Crippen molar-refractivity contribution in [3.05, 3.63) is 94.8 Å². The summed E-state index contributed by atoms with van der Waals surface area (Å²) in [6.07, 6.45) is 1.10. The second-order valence-electron chi connectivity index (χ2n) is 7.00. The molecule has 0 aliphatic heterocycles. The molecule has 0 fully saturated rings. The van der Waals surface area contributed by atoms with E-state index in [0.717, 1.165) is 6.26 Å². The van der Waals surface area contributed by atoms with Gasteiger partial charge in [-0.3, -0.25) is 9.10 Å². The molecule has 0 aliphatic rings. The lowest BCUT2D eigenvalue weighted by Gasteiger charge is -2.22. The summed E-state index contributed by atoms with van der Waals surface area (Å²) in [6.45, 7) is 0.626. The van der Waals surface area contributed by atoms with Crippen LogP contribution in [0.15, 0.2) is 72.8 Å². The van der Waals surface area contributed by atoms with Crippen LogP contribution in [-0.4, -0.2) is 33.7 Å². The molecule has 0 spiro atoms. The lowest BCUT2D eigenvalue weighted by Crippen LogP contribution is -2.30. The molecule has 0 radical (unpaired) electrons. The van der Waals surface area contributed by atoms with Crippen LogP contribution in [-0.2, 0) is 16.6 Å². The molecule has 1 amide bonds. The Bertz CT molecular complexity index is 1150. The van der Waals surface area contributed by atoms with E-state index in [0.29, 0.717) is 34.1 Å². The van der Waals surface area contributed by atoms with Gasteiger partial charge in [0.05, 0.1) is 25.0 Å². The van der Waals surface area contributed by atoms with E-state index in [2.05, 4.69) is 5.32 Å². The third kappa shape index (κ3) is 6.70. The molecule has 3 aromatic carbocycles. The minimum absolute atomic E-state index is 0.0483. The van der Waals surface area contributed by atoms with E-state index in [1.165, 1.54) is 28.6 Å². The first-order valence-corrected chi connectivity index (χ1v) is 11.9. The number of carbonyl (C=O) groups is 1. The van der Waals surface area contributed by atoms with Crippen LogP contribution in [0.3, 0.4) is 0 Å². The summed E-state index contributed by atoms with van der Waals surface area (Å²) in [5, 5.41) is 3.36. The van der Waals surface area contributed by atoms with Crippen LogP contribution in [0.5, 0.6) is 5.75 Å². The molecule has 9 heteroatoms. The molecule has 0 aromatic heterocycles. The van der Waals surface area contributed by atoms with Gasteiger partial charge in [0.25, 0.3) is 5.91 Å². The second kappa shape index (κ2) is 10.5. The first-order chi connectivity index (χ1) is 15.2. The summed E-state index contributed by atoms with van der Waals surface area (Å²) < 4.78 is 44.4. The normalized spacial score (nSPS) is 11.1. The van der Waals surface area contributed by atoms with Crippen molar-refractivity contribution >= 4 is 33.2 Å². The number of amides is 1. The van der Waals surface area contributed by atoms with Crippen LogP contribution in [0.25, 0.3) is 0 Å². The molecule has 0 unspecified atom stereocenters. The predicted molar refractivity (Wildman–Crippen MR) is 123 cm³/mol. The van der Waals surface area contributed by atoms with E-state index >= 15 is 0 Å². The lowest BCUT2D eigenvalue weighted by atomic mass is 10.1. The van der Waals surface area contributed by atoms with Crippen molar-refractivity contribution in [1.82, 2.24) is 5.32 Å². The lowest BCUT2D eigenvalue weighted by molar-refractivity contribution is 0.0947. The molecular weight excluding hydrogens is 455 g/mol. The van der Waals surface area contributed by atoms with E-state index in [9.17, 15) is 17.6 Å². The number of ether oxygens (including phenoxy) is 1. The number of benzene rings is 3. The van der Waals surface area contributed by atoms with Gasteiger partial charge in [0.2, 0.25) is 10.0 Å². The number of nitrogens with zero attached hydrogens (tertiary/aromatic N) is 1. The predicted octanol–water partition coefficient (Wildman–Crippen LogP) is 4.25. The van der Waals surface area contributed by atoms with E-state index in [4.69, 9.17) is 16.3 Å². The van der Waals surface area contributed by atoms with Gasteiger partial charge in [-0.05, 0) is 66.2 Å². The largest absolute Gasteiger partial charge is 0.492 e.